The van der Waals surface area contributed by atoms with Gasteiger partial charge in [-0.2, -0.15) is 12.6 Å². The van der Waals surface area contributed by atoms with Gasteiger partial charge in [0.15, 0.2) is 0 Å². The molecule has 0 rings (SSSR count). The van der Waals surface area contributed by atoms with Crippen LogP contribution in [-0.4, -0.2) is 5.75 Å². The van der Waals surface area contributed by atoms with Gasteiger partial charge in [0, 0.05) is 0 Å². The molecule has 0 aromatic heterocycles. The molecule has 0 radical (unpaired) electrons. The first-order valence-corrected chi connectivity index (χ1v) is 3.92. The Hall–Kier alpha value is 0.350. The Labute approximate surface area is 58.1 Å². The minimum Gasteiger partial charge on any atom is -0.179 e. The Balaban J connectivity index is 3.17. The van der Waals surface area contributed by atoms with Gasteiger partial charge in [-0.1, -0.05) is 20.8 Å². The van der Waals surface area contributed by atoms with Crippen molar-refractivity contribution >= 4 is 12.6 Å². The van der Waals surface area contributed by atoms with Crippen molar-refractivity contribution in [1.29, 1.82) is 0 Å². The normalized spacial score (nSPS) is 14.6. The molecule has 0 heterocycles. The van der Waals surface area contributed by atoms with Crippen LogP contribution in [0.5, 0.6) is 0 Å². The van der Waals surface area contributed by atoms with Gasteiger partial charge in [0.2, 0.25) is 0 Å². The Morgan fingerprint density at radius 1 is 1.25 bits per heavy atom. The fraction of sp³-hybridized carbons (Fsp3) is 1.00. The van der Waals surface area contributed by atoms with Gasteiger partial charge in [-0.05, 0) is 24.0 Å². The molecule has 0 bridgehead atoms. The van der Waals surface area contributed by atoms with E-state index in [4.69, 9.17) is 0 Å². The van der Waals surface area contributed by atoms with Crippen LogP contribution >= 0.6 is 12.6 Å². The van der Waals surface area contributed by atoms with E-state index in [1.165, 1.54) is 6.42 Å². The standard InChI is InChI=1S/C7H16S/c1-6(2)7(3)4-5-8/h6-8H,4-5H2,1-3H3. The third-order valence-electron chi connectivity index (χ3n) is 1.72. The number of hydrogen-bond acceptors (Lipinski definition) is 1. The molecule has 0 nitrogen and oxygen atoms in total. The van der Waals surface area contributed by atoms with Crippen molar-refractivity contribution in [3.8, 4) is 0 Å². The van der Waals surface area contributed by atoms with Crippen molar-refractivity contribution < 1.29 is 0 Å². The fourth-order valence-electron chi connectivity index (χ4n) is 0.537. The van der Waals surface area contributed by atoms with Crippen LogP contribution in [0.3, 0.4) is 0 Å². The topological polar surface area (TPSA) is 0 Å². The summed E-state index contributed by atoms with van der Waals surface area (Å²) in [4.78, 5) is 0. The maximum Gasteiger partial charge on any atom is -0.00953 e. The molecule has 1 heteroatoms. The van der Waals surface area contributed by atoms with Gasteiger partial charge in [0.05, 0.1) is 0 Å². The van der Waals surface area contributed by atoms with Crippen LogP contribution in [0, 0.1) is 11.8 Å². The van der Waals surface area contributed by atoms with Gasteiger partial charge >= 0.3 is 0 Å². The van der Waals surface area contributed by atoms with E-state index < -0.39 is 0 Å². The van der Waals surface area contributed by atoms with E-state index in [2.05, 4.69) is 33.4 Å². The van der Waals surface area contributed by atoms with E-state index in [0.717, 1.165) is 17.6 Å². The molecular formula is C7H16S. The van der Waals surface area contributed by atoms with Crippen molar-refractivity contribution in [2.75, 3.05) is 5.75 Å². The lowest BCUT2D eigenvalue weighted by Gasteiger charge is -2.12. The highest BCUT2D eigenvalue weighted by atomic mass is 32.1. The average molecular weight is 132 g/mol. The Morgan fingerprint density at radius 3 is 1.88 bits per heavy atom. The smallest absolute Gasteiger partial charge is 0.00953 e. The number of rotatable bonds is 3. The van der Waals surface area contributed by atoms with E-state index in [0.29, 0.717) is 0 Å². The SMILES string of the molecule is CC(C)C(C)CCS. The largest absolute Gasteiger partial charge is 0.179 e. The van der Waals surface area contributed by atoms with Gasteiger partial charge in [0.25, 0.3) is 0 Å². The van der Waals surface area contributed by atoms with E-state index in [9.17, 15) is 0 Å². The zero-order valence-electron chi connectivity index (χ0n) is 6.02. The maximum atomic E-state index is 4.15. The summed E-state index contributed by atoms with van der Waals surface area (Å²) in [5.74, 6) is 2.69. The van der Waals surface area contributed by atoms with Crippen LogP contribution in [0.1, 0.15) is 27.2 Å². The number of hydrogen-bond donors (Lipinski definition) is 1. The summed E-state index contributed by atoms with van der Waals surface area (Å²) < 4.78 is 0. The molecule has 0 amide bonds. The van der Waals surface area contributed by atoms with Gasteiger partial charge in [-0.15, -0.1) is 0 Å². The highest BCUT2D eigenvalue weighted by Crippen LogP contribution is 2.13. The summed E-state index contributed by atoms with van der Waals surface area (Å²) in [7, 11) is 0. The third-order valence-corrected chi connectivity index (χ3v) is 1.98. The second kappa shape index (κ2) is 4.25. The molecule has 0 saturated carbocycles. The van der Waals surface area contributed by atoms with Crippen LogP contribution in [0.4, 0.5) is 0 Å². The summed E-state index contributed by atoms with van der Waals surface area (Å²) in [6.45, 7) is 6.79. The molecule has 0 spiro atoms. The molecule has 8 heavy (non-hydrogen) atoms. The minimum absolute atomic E-state index is 0.821. The number of thiol groups is 1. The lowest BCUT2D eigenvalue weighted by Crippen LogP contribution is -2.03. The molecule has 1 atom stereocenters. The van der Waals surface area contributed by atoms with Gasteiger partial charge in [-0.25, -0.2) is 0 Å². The highest BCUT2D eigenvalue weighted by Gasteiger charge is 2.03. The van der Waals surface area contributed by atoms with Crippen molar-refractivity contribution in [2.24, 2.45) is 11.8 Å². The van der Waals surface area contributed by atoms with Gasteiger partial charge in [0.1, 0.15) is 0 Å². The van der Waals surface area contributed by atoms with E-state index >= 15 is 0 Å². The first-order chi connectivity index (χ1) is 3.68. The van der Waals surface area contributed by atoms with Crippen molar-refractivity contribution in [2.45, 2.75) is 27.2 Å². The van der Waals surface area contributed by atoms with E-state index in [-0.39, 0.29) is 0 Å². The molecule has 0 aliphatic rings. The van der Waals surface area contributed by atoms with Crippen LogP contribution in [0.15, 0.2) is 0 Å². The lowest BCUT2D eigenvalue weighted by molar-refractivity contribution is 0.411. The summed E-state index contributed by atoms with van der Waals surface area (Å²) in [5, 5.41) is 0. The van der Waals surface area contributed by atoms with E-state index in [1.54, 1.807) is 0 Å². The second-order valence-corrected chi connectivity index (χ2v) is 3.18. The van der Waals surface area contributed by atoms with Crippen molar-refractivity contribution in [1.82, 2.24) is 0 Å². The molecule has 0 N–H and O–H groups in total. The second-order valence-electron chi connectivity index (χ2n) is 2.73. The first kappa shape index (κ1) is 8.35. The van der Waals surface area contributed by atoms with Gasteiger partial charge in [-0.3, -0.25) is 0 Å². The first-order valence-electron chi connectivity index (χ1n) is 3.29. The summed E-state index contributed by atoms with van der Waals surface area (Å²) in [6, 6.07) is 0. The Bertz CT molecular complexity index is 50.3. The maximum absolute atomic E-state index is 4.15. The molecule has 0 aliphatic heterocycles. The van der Waals surface area contributed by atoms with Crippen molar-refractivity contribution in [3.63, 3.8) is 0 Å². The summed E-state index contributed by atoms with van der Waals surface area (Å²) >= 11 is 4.15. The Kier molecular flexibility index (Phi) is 4.44. The quantitative estimate of drug-likeness (QED) is 0.561. The van der Waals surface area contributed by atoms with Crippen molar-refractivity contribution in [3.05, 3.63) is 0 Å². The highest BCUT2D eigenvalue weighted by molar-refractivity contribution is 7.80. The zero-order valence-corrected chi connectivity index (χ0v) is 6.91. The summed E-state index contributed by atoms with van der Waals surface area (Å²) in [5.41, 5.74) is 0. The molecule has 1 unspecified atom stereocenters. The van der Waals surface area contributed by atoms with Crippen LogP contribution in [0.25, 0.3) is 0 Å². The predicted octanol–water partition coefficient (Wildman–Crippen LogP) is 2.60. The molecule has 50 valence electrons. The van der Waals surface area contributed by atoms with Gasteiger partial charge < -0.3 is 0 Å². The molecule has 0 fully saturated rings. The fourth-order valence-corrected chi connectivity index (χ4v) is 0.944. The molecule has 0 aliphatic carbocycles. The average Bonchev–Trinajstić information content (AvgIpc) is 1.67. The molecule has 0 saturated heterocycles. The third kappa shape index (κ3) is 3.36. The molecule has 0 aromatic carbocycles. The predicted molar refractivity (Wildman–Crippen MR) is 42.5 cm³/mol. The van der Waals surface area contributed by atoms with Crippen LogP contribution in [0.2, 0.25) is 0 Å². The van der Waals surface area contributed by atoms with E-state index in [1.807, 2.05) is 0 Å². The minimum atomic E-state index is 0.821. The van der Waals surface area contributed by atoms with Crippen LogP contribution < -0.4 is 0 Å². The lowest BCUT2D eigenvalue weighted by atomic mass is 9.96. The summed E-state index contributed by atoms with van der Waals surface area (Å²) in [6.07, 6.45) is 1.25. The Morgan fingerprint density at radius 2 is 1.75 bits per heavy atom. The van der Waals surface area contributed by atoms with Crippen LogP contribution in [-0.2, 0) is 0 Å². The zero-order chi connectivity index (χ0) is 6.57. The molecule has 0 aromatic rings. The molecular weight excluding hydrogens is 116 g/mol. The monoisotopic (exact) mass is 132 g/mol.